The number of aliphatic hydroxyl groups excluding tert-OH is 1. The molecule has 6 nitrogen and oxygen atoms in total. The van der Waals surface area contributed by atoms with E-state index in [0.29, 0.717) is 35.2 Å². The summed E-state index contributed by atoms with van der Waals surface area (Å²) in [7, 11) is 3.01. The minimum atomic E-state index is -1.06. The maximum Gasteiger partial charge on any atom is 0.205 e. The van der Waals surface area contributed by atoms with Gasteiger partial charge in [0.1, 0.15) is 0 Å². The first-order chi connectivity index (χ1) is 12.1. The third-order valence-corrected chi connectivity index (χ3v) is 3.54. The molecule has 1 atom stereocenters. The SMILES string of the molecule is CCOc1ccc(C(=O)[C@H](CO)Oc2ccccc2OC)cc1OC. The van der Waals surface area contributed by atoms with Gasteiger partial charge in [-0.25, -0.2) is 0 Å². The number of para-hydroxylation sites is 2. The number of hydrogen-bond donors (Lipinski definition) is 1. The number of carbonyl (C=O) groups excluding carboxylic acids is 1. The quantitative estimate of drug-likeness (QED) is 0.704. The maximum atomic E-state index is 12.7. The van der Waals surface area contributed by atoms with Crippen LogP contribution in [0.5, 0.6) is 23.0 Å². The molecule has 25 heavy (non-hydrogen) atoms. The zero-order chi connectivity index (χ0) is 18.2. The molecule has 0 saturated heterocycles. The number of hydrogen-bond acceptors (Lipinski definition) is 6. The van der Waals surface area contributed by atoms with Gasteiger partial charge in [0.2, 0.25) is 5.78 Å². The molecule has 0 fully saturated rings. The molecule has 0 unspecified atom stereocenters. The lowest BCUT2D eigenvalue weighted by molar-refractivity contribution is 0.0651. The maximum absolute atomic E-state index is 12.7. The van der Waals surface area contributed by atoms with Crippen LogP contribution >= 0.6 is 0 Å². The van der Waals surface area contributed by atoms with Crippen LogP contribution in [0, 0.1) is 0 Å². The molecule has 0 amide bonds. The minimum Gasteiger partial charge on any atom is -0.493 e. The van der Waals surface area contributed by atoms with Gasteiger partial charge in [0.15, 0.2) is 29.1 Å². The lowest BCUT2D eigenvalue weighted by Gasteiger charge is -2.18. The molecule has 0 bridgehead atoms. The molecule has 0 spiro atoms. The molecule has 0 aromatic heterocycles. The summed E-state index contributed by atoms with van der Waals surface area (Å²) in [4.78, 5) is 12.7. The third-order valence-electron chi connectivity index (χ3n) is 3.54. The lowest BCUT2D eigenvalue weighted by Crippen LogP contribution is -2.31. The van der Waals surface area contributed by atoms with Crippen LogP contribution in [-0.2, 0) is 0 Å². The molecule has 2 aromatic carbocycles. The summed E-state index contributed by atoms with van der Waals surface area (Å²) in [6, 6.07) is 11.8. The van der Waals surface area contributed by atoms with Crippen LogP contribution in [0.15, 0.2) is 42.5 Å². The van der Waals surface area contributed by atoms with Crippen molar-refractivity contribution < 1.29 is 28.8 Å². The predicted molar refractivity (Wildman–Crippen MR) is 93.0 cm³/mol. The molecule has 0 aliphatic heterocycles. The number of carbonyl (C=O) groups is 1. The van der Waals surface area contributed by atoms with Crippen molar-refractivity contribution in [3.8, 4) is 23.0 Å². The second-order valence-corrected chi connectivity index (χ2v) is 5.10. The number of benzene rings is 2. The van der Waals surface area contributed by atoms with Crippen molar-refractivity contribution in [1.29, 1.82) is 0 Å². The fourth-order valence-corrected chi connectivity index (χ4v) is 2.32. The van der Waals surface area contributed by atoms with E-state index < -0.39 is 12.7 Å². The summed E-state index contributed by atoms with van der Waals surface area (Å²) in [5, 5.41) is 9.61. The highest BCUT2D eigenvalue weighted by molar-refractivity contribution is 6.00. The third kappa shape index (κ3) is 4.42. The fraction of sp³-hybridized carbons (Fsp3) is 0.316. The van der Waals surface area contributed by atoms with Crippen molar-refractivity contribution in [2.75, 3.05) is 27.4 Å². The van der Waals surface area contributed by atoms with E-state index in [9.17, 15) is 9.90 Å². The molecule has 2 rings (SSSR count). The molecular formula is C19H22O6. The average molecular weight is 346 g/mol. The van der Waals surface area contributed by atoms with Crippen LogP contribution in [0.25, 0.3) is 0 Å². The highest BCUT2D eigenvalue weighted by Gasteiger charge is 2.23. The van der Waals surface area contributed by atoms with Crippen molar-refractivity contribution >= 4 is 5.78 Å². The summed E-state index contributed by atoms with van der Waals surface area (Å²) < 4.78 is 21.6. The molecule has 6 heteroatoms. The van der Waals surface area contributed by atoms with Gasteiger partial charge in [0, 0.05) is 5.56 Å². The van der Waals surface area contributed by atoms with Crippen LogP contribution in [-0.4, -0.2) is 44.4 Å². The van der Waals surface area contributed by atoms with Gasteiger partial charge in [-0.15, -0.1) is 0 Å². The summed E-state index contributed by atoms with van der Waals surface area (Å²) in [5.41, 5.74) is 0.356. The van der Waals surface area contributed by atoms with Crippen LogP contribution < -0.4 is 18.9 Å². The molecule has 1 N–H and O–H groups in total. The summed E-state index contributed by atoms with van der Waals surface area (Å²) in [6.07, 6.45) is -1.06. The van der Waals surface area contributed by atoms with Crippen LogP contribution in [0.1, 0.15) is 17.3 Å². The van der Waals surface area contributed by atoms with E-state index in [1.54, 1.807) is 42.5 Å². The van der Waals surface area contributed by atoms with Crippen LogP contribution in [0.3, 0.4) is 0 Å². The molecule has 2 aromatic rings. The molecule has 0 aliphatic carbocycles. The van der Waals surface area contributed by atoms with Crippen molar-refractivity contribution in [1.82, 2.24) is 0 Å². The number of aliphatic hydroxyl groups is 1. The highest BCUT2D eigenvalue weighted by atomic mass is 16.5. The van der Waals surface area contributed by atoms with Crippen LogP contribution in [0.4, 0.5) is 0 Å². The first-order valence-electron chi connectivity index (χ1n) is 7.90. The Morgan fingerprint density at radius 3 is 2.28 bits per heavy atom. The molecule has 0 radical (unpaired) electrons. The molecule has 0 aliphatic rings. The van der Waals surface area contributed by atoms with Crippen LogP contribution in [0.2, 0.25) is 0 Å². The summed E-state index contributed by atoms with van der Waals surface area (Å²) in [5.74, 6) is 1.50. The first-order valence-corrected chi connectivity index (χ1v) is 7.90. The number of methoxy groups -OCH3 is 2. The fourth-order valence-electron chi connectivity index (χ4n) is 2.32. The second kappa shape index (κ2) is 8.94. The predicted octanol–water partition coefficient (Wildman–Crippen LogP) is 2.73. The average Bonchev–Trinajstić information content (AvgIpc) is 2.66. The number of Topliss-reactive ketones (excluding diaryl/α,β-unsaturated/α-hetero) is 1. The van der Waals surface area contributed by atoms with E-state index in [0.717, 1.165) is 0 Å². The highest BCUT2D eigenvalue weighted by Crippen LogP contribution is 2.30. The van der Waals surface area contributed by atoms with Gasteiger partial charge in [0.05, 0.1) is 27.4 Å². The van der Waals surface area contributed by atoms with Gasteiger partial charge in [-0.1, -0.05) is 12.1 Å². The van der Waals surface area contributed by atoms with E-state index in [4.69, 9.17) is 18.9 Å². The van der Waals surface area contributed by atoms with Crippen molar-refractivity contribution in [2.45, 2.75) is 13.0 Å². The number of ketones is 1. The monoisotopic (exact) mass is 346 g/mol. The zero-order valence-electron chi connectivity index (χ0n) is 14.5. The van der Waals surface area contributed by atoms with E-state index in [-0.39, 0.29) is 5.78 Å². The number of rotatable bonds is 9. The molecule has 0 heterocycles. The van der Waals surface area contributed by atoms with Crippen molar-refractivity contribution in [3.05, 3.63) is 48.0 Å². The Morgan fingerprint density at radius 1 is 1.00 bits per heavy atom. The molecular weight excluding hydrogens is 324 g/mol. The first kappa shape index (κ1) is 18.6. The van der Waals surface area contributed by atoms with Gasteiger partial charge in [-0.2, -0.15) is 0 Å². The van der Waals surface area contributed by atoms with Crippen molar-refractivity contribution in [3.63, 3.8) is 0 Å². The minimum absolute atomic E-state index is 0.356. The topological polar surface area (TPSA) is 74.2 Å². The Morgan fingerprint density at radius 2 is 1.68 bits per heavy atom. The van der Waals surface area contributed by atoms with Gasteiger partial charge in [-0.3, -0.25) is 4.79 Å². The van der Waals surface area contributed by atoms with Gasteiger partial charge in [-0.05, 0) is 37.3 Å². The lowest BCUT2D eigenvalue weighted by atomic mass is 10.1. The second-order valence-electron chi connectivity index (χ2n) is 5.10. The normalized spacial score (nSPS) is 11.5. The smallest absolute Gasteiger partial charge is 0.205 e. The Kier molecular flexibility index (Phi) is 6.65. The largest absolute Gasteiger partial charge is 0.493 e. The van der Waals surface area contributed by atoms with E-state index in [1.807, 2.05) is 6.92 Å². The van der Waals surface area contributed by atoms with E-state index in [1.165, 1.54) is 14.2 Å². The number of ether oxygens (including phenoxy) is 4. The Bertz CT molecular complexity index is 713. The Balaban J connectivity index is 2.24. The zero-order valence-corrected chi connectivity index (χ0v) is 14.5. The van der Waals surface area contributed by atoms with Gasteiger partial charge in [0.25, 0.3) is 0 Å². The standard InChI is InChI=1S/C19H22O6/c1-4-24-15-10-9-13(11-17(15)23-3)19(21)18(12-20)25-16-8-6-5-7-14(16)22-2/h5-11,18,20H,4,12H2,1-3H3/t18-/m0/s1. The van der Waals surface area contributed by atoms with E-state index >= 15 is 0 Å². The van der Waals surface area contributed by atoms with Gasteiger partial charge < -0.3 is 24.1 Å². The molecule has 0 saturated carbocycles. The van der Waals surface area contributed by atoms with E-state index in [2.05, 4.69) is 0 Å². The Labute approximate surface area is 146 Å². The summed E-state index contributed by atoms with van der Waals surface area (Å²) in [6.45, 7) is 1.88. The van der Waals surface area contributed by atoms with Crippen molar-refractivity contribution in [2.24, 2.45) is 0 Å². The summed E-state index contributed by atoms with van der Waals surface area (Å²) >= 11 is 0. The van der Waals surface area contributed by atoms with Gasteiger partial charge >= 0.3 is 0 Å². The molecule has 134 valence electrons. The Hall–Kier alpha value is -2.73.